The van der Waals surface area contributed by atoms with Crippen LogP contribution >= 0.6 is 21.8 Å². The van der Waals surface area contributed by atoms with Gasteiger partial charge in [0.25, 0.3) is 5.91 Å². The quantitative estimate of drug-likeness (QED) is 0.229. The zero-order chi connectivity index (χ0) is 24.9. The first-order valence-electron chi connectivity index (χ1n) is 12.0. The highest BCUT2D eigenvalue weighted by Crippen LogP contribution is 2.44. The number of hydrogen-bond acceptors (Lipinski definition) is 7. The third-order valence-corrected chi connectivity index (χ3v) is 9.23. The molecule has 11 heteroatoms. The van der Waals surface area contributed by atoms with Crippen molar-refractivity contribution in [1.29, 1.82) is 0 Å². The van der Waals surface area contributed by atoms with Crippen LogP contribution in [0, 0.1) is 5.13 Å². The van der Waals surface area contributed by atoms with E-state index in [1.165, 1.54) is 17.7 Å². The molecule has 2 fully saturated rings. The number of thiazole rings is 1. The molecule has 1 amide bonds. The van der Waals surface area contributed by atoms with Crippen molar-refractivity contribution in [1.82, 2.24) is 14.5 Å². The zero-order valence-corrected chi connectivity index (χ0v) is 21.6. The van der Waals surface area contributed by atoms with E-state index >= 15 is 0 Å². The third kappa shape index (κ3) is 5.91. The van der Waals surface area contributed by atoms with Gasteiger partial charge in [0.05, 0.1) is 6.20 Å². The molecule has 2 unspecified atom stereocenters. The van der Waals surface area contributed by atoms with Crippen LogP contribution in [-0.2, 0) is 21.0 Å². The average Bonchev–Trinajstić information content (AvgIpc) is 3.48. The molecule has 2 aliphatic rings. The maximum absolute atomic E-state index is 13.4. The van der Waals surface area contributed by atoms with Gasteiger partial charge in [-0.2, -0.15) is 14.9 Å². The van der Waals surface area contributed by atoms with Crippen LogP contribution in [0.5, 0.6) is 0 Å². The summed E-state index contributed by atoms with van der Waals surface area (Å²) in [6.45, 7) is 2.89. The molecule has 1 saturated carbocycles. The first-order chi connectivity index (χ1) is 17.6. The van der Waals surface area contributed by atoms with Gasteiger partial charge in [-0.1, -0.05) is 34.0 Å². The Balaban J connectivity index is 1.35. The Hall–Kier alpha value is -2.89. The van der Waals surface area contributed by atoms with Gasteiger partial charge in [0.1, 0.15) is 6.23 Å². The number of ether oxygens (including phenoxy) is 1. The highest BCUT2D eigenvalue weighted by molar-refractivity contribution is 8.15. The Labute approximate surface area is 215 Å². The van der Waals surface area contributed by atoms with Crippen LogP contribution in [0.25, 0.3) is 0 Å². The number of imidazole rings is 1. The maximum atomic E-state index is 13.4. The Morgan fingerprint density at radius 3 is 2.81 bits per heavy atom. The number of rotatable bonds is 9. The van der Waals surface area contributed by atoms with Gasteiger partial charge in [-0.15, -0.1) is 0 Å². The van der Waals surface area contributed by atoms with E-state index in [2.05, 4.69) is 32.7 Å². The Morgan fingerprint density at radius 1 is 1.31 bits per heavy atom. The average molecular weight is 530 g/mol. The maximum Gasteiger partial charge on any atom is 0.280 e. The molecule has 0 spiro atoms. The minimum atomic E-state index is -0.528. The fourth-order valence-electron chi connectivity index (χ4n) is 4.12. The summed E-state index contributed by atoms with van der Waals surface area (Å²) in [6.07, 6.45) is 10.1. The predicted octanol–water partition coefficient (Wildman–Crippen LogP) is 5.35. The van der Waals surface area contributed by atoms with E-state index in [9.17, 15) is 9.18 Å². The minimum Gasteiger partial charge on any atom is -0.387 e. The number of halogens is 1. The summed E-state index contributed by atoms with van der Waals surface area (Å²) in [4.78, 5) is 28.2. The van der Waals surface area contributed by atoms with Gasteiger partial charge in [0, 0.05) is 34.7 Å². The number of nitrogens with zero attached hydrogens (tertiary/aromatic N) is 4. The number of nitrogens with one attached hydrogen (secondary N) is 1. The normalized spacial score (nSPS) is 19.3. The van der Waals surface area contributed by atoms with Crippen molar-refractivity contribution >= 4 is 43.9 Å². The predicted molar refractivity (Wildman–Crippen MR) is 140 cm³/mol. The lowest BCUT2D eigenvalue weighted by atomic mass is 10.1. The van der Waals surface area contributed by atoms with Crippen molar-refractivity contribution in [2.45, 2.75) is 62.0 Å². The Bertz CT molecular complexity index is 1260. The standard InChI is InChI=1S/C25H28FN5O3S2/c1-2-36(19-10-11-19)18-8-6-17(7-9-18)23(24(32)29-25-28-15-20(26)35-25)30-34-16-21-27-12-13-31(21)22-5-3-4-14-33-22/h2,6-9,12-13,15,19,22H,3-5,10-11,14,16H2,1H3,(H,28,29,32)/b30-23+. The molecule has 3 aromatic rings. The van der Waals surface area contributed by atoms with Crippen LogP contribution in [-0.4, -0.2) is 43.4 Å². The van der Waals surface area contributed by atoms with Crippen molar-refractivity contribution in [2.24, 2.45) is 5.16 Å². The molecular formula is C25H28FN5O3S2. The van der Waals surface area contributed by atoms with Gasteiger partial charge in [-0.3, -0.25) is 10.1 Å². The van der Waals surface area contributed by atoms with Crippen LogP contribution < -0.4 is 5.32 Å². The first kappa shape index (κ1) is 24.8. The van der Waals surface area contributed by atoms with Gasteiger partial charge < -0.3 is 14.1 Å². The number of hydrogen-bond donors (Lipinski definition) is 1. The van der Waals surface area contributed by atoms with E-state index in [1.54, 1.807) is 6.20 Å². The van der Waals surface area contributed by atoms with Crippen molar-refractivity contribution in [3.05, 3.63) is 59.4 Å². The first-order valence-corrected chi connectivity index (χ1v) is 14.2. The zero-order valence-electron chi connectivity index (χ0n) is 19.9. The Kier molecular flexibility index (Phi) is 7.88. The Morgan fingerprint density at radius 2 is 2.14 bits per heavy atom. The van der Waals surface area contributed by atoms with Crippen molar-refractivity contribution in [3.8, 4) is 0 Å². The molecule has 3 heterocycles. The molecule has 1 N–H and O–H groups in total. The number of aromatic nitrogens is 3. The number of carbonyl (C=O) groups excluding carboxylic acids is 1. The lowest BCUT2D eigenvalue weighted by Gasteiger charge is -2.24. The summed E-state index contributed by atoms with van der Waals surface area (Å²) < 4.78 is 21.2. The lowest BCUT2D eigenvalue weighted by Crippen LogP contribution is -2.24. The van der Waals surface area contributed by atoms with Gasteiger partial charge in [-0.05, 0) is 51.2 Å². The monoisotopic (exact) mass is 529 g/mol. The summed E-state index contributed by atoms with van der Waals surface area (Å²) in [5.41, 5.74) is 0.679. The fourth-order valence-corrected chi connectivity index (χ4v) is 6.80. The van der Waals surface area contributed by atoms with Crippen molar-refractivity contribution in [2.75, 3.05) is 11.9 Å². The summed E-state index contributed by atoms with van der Waals surface area (Å²) in [7, 11) is 0.103. The summed E-state index contributed by atoms with van der Waals surface area (Å²) >= 11 is 0.752. The second-order valence-corrected chi connectivity index (χ2v) is 11.9. The molecule has 190 valence electrons. The van der Waals surface area contributed by atoms with E-state index in [4.69, 9.17) is 9.57 Å². The second-order valence-electron chi connectivity index (χ2n) is 8.54. The molecule has 5 rings (SSSR count). The highest BCUT2D eigenvalue weighted by atomic mass is 32.2. The lowest BCUT2D eigenvalue weighted by molar-refractivity contribution is -0.110. The molecule has 36 heavy (non-hydrogen) atoms. The van der Waals surface area contributed by atoms with E-state index in [1.807, 2.05) is 35.0 Å². The van der Waals surface area contributed by atoms with Gasteiger partial charge in [-0.25, -0.2) is 9.97 Å². The van der Waals surface area contributed by atoms with Gasteiger partial charge in [0.2, 0.25) is 0 Å². The SMILES string of the molecule is C/C=S(/c1ccc(/C(=N\OCc2nccn2C2CCCCO2)C(=O)Nc2ncc(F)s2)cc1)C1CC1. The van der Waals surface area contributed by atoms with E-state index in [-0.39, 0.29) is 34.2 Å². The number of amides is 1. The topological polar surface area (TPSA) is 90.6 Å². The van der Waals surface area contributed by atoms with Gasteiger partial charge in [0.15, 0.2) is 28.4 Å². The molecule has 0 bridgehead atoms. The number of carbonyl (C=O) groups is 1. The smallest absolute Gasteiger partial charge is 0.280 e. The molecule has 1 aromatic carbocycles. The summed E-state index contributed by atoms with van der Waals surface area (Å²) in [6, 6.07) is 7.83. The second kappa shape index (κ2) is 11.4. The number of anilines is 1. The van der Waals surface area contributed by atoms with E-state index < -0.39 is 11.0 Å². The van der Waals surface area contributed by atoms with Crippen LogP contribution in [0.15, 0.2) is 52.9 Å². The van der Waals surface area contributed by atoms with Crippen LogP contribution in [0.3, 0.4) is 0 Å². The van der Waals surface area contributed by atoms with Crippen molar-refractivity contribution < 1.29 is 18.8 Å². The largest absolute Gasteiger partial charge is 0.387 e. The van der Waals surface area contributed by atoms with Crippen LogP contribution in [0.2, 0.25) is 0 Å². The molecule has 1 aliphatic heterocycles. The molecule has 1 aliphatic carbocycles. The van der Waals surface area contributed by atoms with Gasteiger partial charge >= 0.3 is 0 Å². The van der Waals surface area contributed by atoms with Crippen molar-refractivity contribution in [3.63, 3.8) is 0 Å². The summed E-state index contributed by atoms with van der Waals surface area (Å²) in [5.74, 6) is 0.133. The molecule has 2 atom stereocenters. The molecule has 0 radical (unpaired) electrons. The van der Waals surface area contributed by atoms with Crippen LogP contribution in [0.1, 0.15) is 56.6 Å². The minimum absolute atomic E-state index is 0.0730. The molecule has 8 nitrogen and oxygen atoms in total. The molecule has 1 saturated heterocycles. The fraction of sp³-hybridized carbons (Fsp3) is 0.400. The highest BCUT2D eigenvalue weighted by Gasteiger charge is 2.26. The number of benzene rings is 1. The summed E-state index contributed by atoms with van der Waals surface area (Å²) in [5, 5.41) is 9.45. The van der Waals surface area contributed by atoms with E-state index in [0.29, 0.717) is 11.4 Å². The molecule has 2 aromatic heterocycles. The molecular weight excluding hydrogens is 501 g/mol. The number of oxime groups is 1. The third-order valence-electron chi connectivity index (χ3n) is 6.01. The van der Waals surface area contributed by atoms with E-state index in [0.717, 1.165) is 48.7 Å². The van der Waals surface area contributed by atoms with Crippen LogP contribution in [0.4, 0.5) is 9.52 Å².